The Hall–Kier alpha value is -2.41. The maximum absolute atomic E-state index is 12.1. The number of hydrogen-bond acceptors (Lipinski definition) is 4. The van der Waals surface area contributed by atoms with Gasteiger partial charge in [-0.2, -0.15) is 0 Å². The molecule has 1 aromatic carbocycles. The third-order valence-corrected chi connectivity index (χ3v) is 5.46. The first-order valence-corrected chi connectivity index (χ1v) is 9.81. The van der Waals surface area contributed by atoms with Crippen molar-refractivity contribution in [1.29, 1.82) is 0 Å². The lowest BCUT2D eigenvalue weighted by Crippen LogP contribution is -3.16. The van der Waals surface area contributed by atoms with Crippen molar-refractivity contribution < 1.29 is 19.3 Å². The van der Waals surface area contributed by atoms with Crippen LogP contribution in [0.1, 0.15) is 43.0 Å². The molecular formula is C20H29N4O3+. The van der Waals surface area contributed by atoms with E-state index in [9.17, 15) is 14.4 Å². The molecule has 7 heteroatoms. The van der Waals surface area contributed by atoms with E-state index in [1.807, 2.05) is 24.3 Å². The summed E-state index contributed by atoms with van der Waals surface area (Å²) in [6, 6.07) is 7.50. The van der Waals surface area contributed by atoms with E-state index in [-0.39, 0.29) is 23.8 Å². The Labute approximate surface area is 160 Å². The summed E-state index contributed by atoms with van der Waals surface area (Å²) in [5.41, 5.74) is 1.81. The Morgan fingerprint density at radius 2 is 1.70 bits per heavy atom. The van der Waals surface area contributed by atoms with Crippen LogP contribution < -0.4 is 20.4 Å². The molecule has 1 aliphatic carbocycles. The minimum absolute atomic E-state index is 0.0683. The van der Waals surface area contributed by atoms with Gasteiger partial charge in [0, 0.05) is 17.3 Å². The van der Waals surface area contributed by atoms with Gasteiger partial charge >= 0.3 is 6.03 Å². The van der Waals surface area contributed by atoms with Gasteiger partial charge in [0.05, 0.1) is 26.2 Å². The van der Waals surface area contributed by atoms with Crippen molar-refractivity contribution in [1.82, 2.24) is 10.6 Å². The molecular weight excluding hydrogens is 344 g/mol. The summed E-state index contributed by atoms with van der Waals surface area (Å²) in [7, 11) is 0. The number of quaternary nitrogens is 1. The molecule has 0 bridgehead atoms. The van der Waals surface area contributed by atoms with Crippen molar-refractivity contribution >= 4 is 23.4 Å². The van der Waals surface area contributed by atoms with Crippen LogP contribution in [0, 0.1) is 0 Å². The first-order chi connectivity index (χ1) is 13.0. The summed E-state index contributed by atoms with van der Waals surface area (Å²) in [5.74, 6) is -0.154. The molecule has 0 radical (unpaired) electrons. The van der Waals surface area contributed by atoms with E-state index in [4.69, 9.17) is 0 Å². The van der Waals surface area contributed by atoms with Crippen molar-refractivity contribution in [3.8, 4) is 0 Å². The van der Waals surface area contributed by atoms with Gasteiger partial charge in [-0.05, 0) is 44.0 Å². The van der Waals surface area contributed by atoms with Crippen LogP contribution in [0.4, 0.5) is 10.5 Å². The lowest BCUT2D eigenvalue weighted by molar-refractivity contribution is -0.892. The fraction of sp³-hybridized carbons (Fsp3) is 0.550. The van der Waals surface area contributed by atoms with E-state index < -0.39 is 0 Å². The van der Waals surface area contributed by atoms with Gasteiger partial charge in [0.1, 0.15) is 0 Å². The molecule has 3 amide bonds. The second kappa shape index (κ2) is 8.99. The van der Waals surface area contributed by atoms with Gasteiger partial charge in [-0.25, -0.2) is 4.79 Å². The number of nitrogens with one attached hydrogen (secondary N) is 3. The summed E-state index contributed by atoms with van der Waals surface area (Å²) in [5, 5.41) is 5.33. The van der Waals surface area contributed by atoms with Crippen molar-refractivity contribution in [2.75, 3.05) is 37.6 Å². The first kappa shape index (κ1) is 19.4. The predicted octanol–water partition coefficient (Wildman–Crippen LogP) is 0.363. The monoisotopic (exact) mass is 373 g/mol. The number of benzene rings is 1. The molecule has 7 nitrogen and oxygen atoms in total. The van der Waals surface area contributed by atoms with E-state index in [2.05, 4.69) is 15.5 Å². The fourth-order valence-electron chi connectivity index (χ4n) is 3.85. The summed E-state index contributed by atoms with van der Waals surface area (Å²) in [6.07, 6.45) is 4.29. The molecule has 0 aromatic heterocycles. The molecule has 2 aliphatic rings. The third kappa shape index (κ3) is 5.53. The van der Waals surface area contributed by atoms with E-state index in [1.54, 1.807) is 6.92 Å². The van der Waals surface area contributed by atoms with E-state index in [0.29, 0.717) is 6.54 Å². The zero-order chi connectivity index (χ0) is 19.2. The van der Waals surface area contributed by atoms with Crippen molar-refractivity contribution in [3.63, 3.8) is 0 Å². The molecule has 146 valence electrons. The molecule has 1 heterocycles. The largest absolute Gasteiger partial charge is 0.360 e. The number of urea groups is 1. The first-order valence-electron chi connectivity index (χ1n) is 9.81. The second-order valence-electron chi connectivity index (χ2n) is 7.52. The zero-order valence-electron chi connectivity index (χ0n) is 15.9. The number of carbonyl (C=O) groups excluding carboxylic acids is 3. The van der Waals surface area contributed by atoms with Crippen LogP contribution in [0.5, 0.6) is 0 Å². The average Bonchev–Trinajstić information content (AvgIpc) is 3.15. The molecule has 1 saturated carbocycles. The molecule has 0 unspecified atom stereocenters. The van der Waals surface area contributed by atoms with Crippen LogP contribution in [-0.4, -0.2) is 56.5 Å². The lowest BCUT2D eigenvalue weighted by Gasteiger charge is -2.33. The zero-order valence-corrected chi connectivity index (χ0v) is 15.9. The maximum Gasteiger partial charge on any atom is 0.321 e. The number of ketones is 1. The molecule has 3 rings (SSSR count). The number of amides is 3. The Kier molecular flexibility index (Phi) is 6.45. The molecule has 1 aliphatic heterocycles. The minimum atomic E-state index is -0.365. The van der Waals surface area contributed by atoms with Crippen LogP contribution in [0.2, 0.25) is 0 Å². The number of hydrogen-bond donors (Lipinski definition) is 3. The van der Waals surface area contributed by atoms with E-state index >= 15 is 0 Å². The van der Waals surface area contributed by atoms with E-state index in [1.165, 1.54) is 4.90 Å². The van der Waals surface area contributed by atoms with Gasteiger partial charge in [0.2, 0.25) is 0 Å². The highest BCUT2D eigenvalue weighted by molar-refractivity contribution is 5.95. The predicted molar refractivity (Wildman–Crippen MR) is 103 cm³/mol. The van der Waals surface area contributed by atoms with Gasteiger partial charge in [-0.15, -0.1) is 0 Å². The molecule has 0 atom stereocenters. The standard InChI is InChI=1S/C20H28N4O3/c1-15(25)16-6-8-18(9-7-16)24-12-10-23(11-13-24)14-19(26)22-20(27)21-17-4-2-3-5-17/h6-9,17H,2-5,10-14H2,1H3,(H2,21,22,26,27)/p+1. The quantitative estimate of drug-likeness (QED) is 0.651. The summed E-state index contributed by atoms with van der Waals surface area (Å²) in [6.45, 7) is 5.25. The van der Waals surface area contributed by atoms with Gasteiger partial charge in [-0.3, -0.25) is 14.9 Å². The Balaban J connectivity index is 1.40. The molecule has 27 heavy (non-hydrogen) atoms. The van der Waals surface area contributed by atoms with Crippen molar-refractivity contribution in [2.45, 2.75) is 38.6 Å². The van der Waals surface area contributed by atoms with Crippen LogP contribution >= 0.6 is 0 Å². The normalized spacial score (nSPS) is 18.3. The molecule has 1 saturated heterocycles. The van der Waals surface area contributed by atoms with Gasteiger partial charge in [-0.1, -0.05) is 12.8 Å². The Bertz CT molecular complexity index is 675. The highest BCUT2D eigenvalue weighted by atomic mass is 16.2. The minimum Gasteiger partial charge on any atom is -0.360 e. The number of Topliss-reactive ketones (excluding diaryl/α,β-unsaturated/α-hetero) is 1. The van der Waals surface area contributed by atoms with Crippen molar-refractivity contribution in [3.05, 3.63) is 29.8 Å². The molecule has 1 aromatic rings. The highest BCUT2D eigenvalue weighted by Crippen LogP contribution is 2.17. The number of anilines is 1. The van der Waals surface area contributed by atoms with Gasteiger partial charge < -0.3 is 15.1 Å². The molecule has 3 N–H and O–H groups in total. The van der Waals surface area contributed by atoms with Crippen LogP contribution in [0.15, 0.2) is 24.3 Å². The third-order valence-electron chi connectivity index (χ3n) is 5.46. The second-order valence-corrected chi connectivity index (χ2v) is 7.52. The van der Waals surface area contributed by atoms with Crippen LogP contribution in [0.25, 0.3) is 0 Å². The topological polar surface area (TPSA) is 83.0 Å². The Morgan fingerprint density at radius 1 is 1.07 bits per heavy atom. The number of rotatable bonds is 5. The van der Waals surface area contributed by atoms with Gasteiger partial charge in [0.25, 0.3) is 5.91 Å². The van der Waals surface area contributed by atoms with Crippen LogP contribution in [-0.2, 0) is 4.79 Å². The van der Waals surface area contributed by atoms with E-state index in [0.717, 1.165) is 63.1 Å². The number of nitrogens with zero attached hydrogens (tertiary/aromatic N) is 1. The number of carbonyl (C=O) groups is 3. The average molecular weight is 373 g/mol. The number of piperazine rings is 1. The van der Waals surface area contributed by atoms with Gasteiger partial charge in [0.15, 0.2) is 12.3 Å². The molecule has 2 fully saturated rings. The SMILES string of the molecule is CC(=O)c1ccc(N2CC[NH+](CC(=O)NC(=O)NC3CCCC3)CC2)cc1. The molecule has 0 spiro atoms. The highest BCUT2D eigenvalue weighted by Gasteiger charge is 2.24. The maximum atomic E-state index is 12.1. The summed E-state index contributed by atoms with van der Waals surface area (Å²) in [4.78, 5) is 38.8. The lowest BCUT2D eigenvalue weighted by atomic mass is 10.1. The Morgan fingerprint density at radius 3 is 2.30 bits per heavy atom. The summed E-state index contributed by atoms with van der Waals surface area (Å²) >= 11 is 0. The van der Waals surface area contributed by atoms with Crippen LogP contribution in [0.3, 0.4) is 0 Å². The van der Waals surface area contributed by atoms with Crippen molar-refractivity contribution in [2.24, 2.45) is 0 Å². The summed E-state index contributed by atoms with van der Waals surface area (Å²) < 4.78 is 0. The fourth-order valence-corrected chi connectivity index (χ4v) is 3.85. The number of imide groups is 1. The smallest absolute Gasteiger partial charge is 0.321 e.